The molecular weight excluding hydrogens is 246 g/mol. The standard InChI is InChI=1S/C13H19N3O3/c1-14-8-5-9-15-13(19)16-11(12(17)18)10-6-3-2-4-7-10/h2-4,6-7,11,14H,5,8-9H2,1H3,(H,17,18)(H2,15,16,19)/t11-/m0/s1. The van der Waals surface area contributed by atoms with Crippen LogP contribution in [0, 0.1) is 0 Å². The molecule has 1 rings (SSSR count). The number of carboxylic acid groups (broad SMARTS) is 1. The van der Waals surface area contributed by atoms with Crippen LogP contribution in [0.25, 0.3) is 0 Å². The minimum absolute atomic E-state index is 0.479. The van der Waals surface area contributed by atoms with Crippen LogP contribution in [0.4, 0.5) is 4.79 Å². The predicted molar refractivity (Wildman–Crippen MR) is 71.9 cm³/mol. The summed E-state index contributed by atoms with van der Waals surface area (Å²) in [5, 5.41) is 17.2. The number of carboxylic acids is 1. The number of carbonyl (C=O) groups is 2. The summed E-state index contributed by atoms with van der Waals surface area (Å²) in [7, 11) is 1.83. The van der Waals surface area contributed by atoms with Gasteiger partial charge in [-0.2, -0.15) is 0 Å². The van der Waals surface area contributed by atoms with Crippen molar-refractivity contribution >= 4 is 12.0 Å². The van der Waals surface area contributed by atoms with Crippen molar-refractivity contribution < 1.29 is 14.7 Å². The molecule has 0 aromatic heterocycles. The van der Waals surface area contributed by atoms with Crippen molar-refractivity contribution in [2.45, 2.75) is 12.5 Å². The number of aliphatic carboxylic acids is 1. The molecule has 0 radical (unpaired) electrons. The van der Waals surface area contributed by atoms with Gasteiger partial charge in [-0.3, -0.25) is 0 Å². The van der Waals surface area contributed by atoms with E-state index in [4.69, 9.17) is 5.11 Å². The summed E-state index contributed by atoms with van der Waals surface area (Å²) in [6, 6.07) is 7.08. The first-order chi connectivity index (χ1) is 9.15. The summed E-state index contributed by atoms with van der Waals surface area (Å²) in [5.74, 6) is -1.09. The Balaban J connectivity index is 2.51. The van der Waals surface area contributed by atoms with Gasteiger partial charge in [-0.25, -0.2) is 9.59 Å². The minimum Gasteiger partial charge on any atom is -0.479 e. The summed E-state index contributed by atoms with van der Waals surface area (Å²) >= 11 is 0. The Morgan fingerprint density at radius 3 is 2.47 bits per heavy atom. The quantitative estimate of drug-likeness (QED) is 0.547. The summed E-state index contributed by atoms with van der Waals surface area (Å²) in [5.41, 5.74) is 0.542. The van der Waals surface area contributed by atoms with Gasteiger partial charge in [0.05, 0.1) is 0 Å². The van der Waals surface area contributed by atoms with Crippen molar-refractivity contribution in [1.29, 1.82) is 0 Å². The Bertz CT molecular complexity index is 409. The van der Waals surface area contributed by atoms with Crippen molar-refractivity contribution in [1.82, 2.24) is 16.0 Å². The molecule has 4 N–H and O–H groups in total. The van der Waals surface area contributed by atoms with Gasteiger partial charge in [0.15, 0.2) is 6.04 Å². The normalized spacial score (nSPS) is 11.6. The van der Waals surface area contributed by atoms with E-state index in [0.717, 1.165) is 13.0 Å². The first kappa shape index (κ1) is 15.0. The molecule has 1 aromatic rings. The Kier molecular flexibility index (Phi) is 6.38. The number of nitrogens with one attached hydrogen (secondary N) is 3. The highest BCUT2D eigenvalue weighted by Crippen LogP contribution is 2.12. The average molecular weight is 265 g/mol. The van der Waals surface area contributed by atoms with Crippen LogP contribution in [0.2, 0.25) is 0 Å². The zero-order chi connectivity index (χ0) is 14.1. The Morgan fingerprint density at radius 1 is 1.21 bits per heavy atom. The van der Waals surface area contributed by atoms with Gasteiger partial charge in [0.1, 0.15) is 0 Å². The smallest absolute Gasteiger partial charge is 0.330 e. The summed E-state index contributed by atoms with van der Waals surface area (Å²) in [6.45, 7) is 1.29. The van der Waals surface area contributed by atoms with E-state index in [9.17, 15) is 9.59 Å². The van der Waals surface area contributed by atoms with E-state index in [-0.39, 0.29) is 0 Å². The maximum Gasteiger partial charge on any atom is 0.330 e. The molecule has 104 valence electrons. The van der Waals surface area contributed by atoms with Crippen LogP contribution in [0.15, 0.2) is 30.3 Å². The molecule has 6 nitrogen and oxygen atoms in total. The number of urea groups is 1. The van der Waals surface area contributed by atoms with Crippen LogP contribution in [0.1, 0.15) is 18.0 Å². The first-order valence-electron chi connectivity index (χ1n) is 6.12. The molecule has 0 aliphatic heterocycles. The molecular formula is C13H19N3O3. The predicted octanol–water partition coefficient (Wildman–Crippen LogP) is 0.721. The van der Waals surface area contributed by atoms with Gasteiger partial charge in [-0.1, -0.05) is 30.3 Å². The highest BCUT2D eigenvalue weighted by atomic mass is 16.4. The summed E-state index contributed by atoms with van der Waals surface area (Å²) in [4.78, 5) is 22.7. The molecule has 0 heterocycles. The number of carbonyl (C=O) groups excluding carboxylic acids is 1. The van der Waals surface area contributed by atoms with E-state index in [2.05, 4.69) is 16.0 Å². The lowest BCUT2D eigenvalue weighted by atomic mass is 10.1. The largest absolute Gasteiger partial charge is 0.479 e. The molecule has 0 fully saturated rings. The molecule has 0 spiro atoms. The van der Waals surface area contributed by atoms with Crippen molar-refractivity contribution in [2.75, 3.05) is 20.1 Å². The second-order valence-corrected chi connectivity index (χ2v) is 4.04. The van der Waals surface area contributed by atoms with Gasteiger partial charge in [-0.05, 0) is 25.6 Å². The highest BCUT2D eigenvalue weighted by molar-refractivity contribution is 5.83. The molecule has 0 aliphatic rings. The number of rotatable bonds is 7. The van der Waals surface area contributed by atoms with Crippen LogP contribution >= 0.6 is 0 Å². The van der Waals surface area contributed by atoms with E-state index >= 15 is 0 Å². The number of hydrogen-bond donors (Lipinski definition) is 4. The third-order valence-corrected chi connectivity index (χ3v) is 2.54. The number of hydrogen-bond acceptors (Lipinski definition) is 3. The van der Waals surface area contributed by atoms with E-state index in [0.29, 0.717) is 12.1 Å². The molecule has 1 aromatic carbocycles. The number of amides is 2. The maximum atomic E-state index is 11.6. The van der Waals surface area contributed by atoms with Gasteiger partial charge in [0.25, 0.3) is 0 Å². The Morgan fingerprint density at radius 2 is 1.89 bits per heavy atom. The Hall–Kier alpha value is -2.08. The van der Waals surface area contributed by atoms with Crippen LogP contribution in [0.5, 0.6) is 0 Å². The van der Waals surface area contributed by atoms with Gasteiger partial charge < -0.3 is 21.1 Å². The lowest BCUT2D eigenvalue weighted by molar-refractivity contribution is -0.139. The lowest BCUT2D eigenvalue weighted by Gasteiger charge is -2.15. The molecule has 2 amide bonds. The fraction of sp³-hybridized carbons (Fsp3) is 0.385. The molecule has 0 saturated heterocycles. The van der Waals surface area contributed by atoms with E-state index < -0.39 is 18.0 Å². The van der Waals surface area contributed by atoms with Crippen molar-refractivity contribution in [3.8, 4) is 0 Å². The molecule has 0 unspecified atom stereocenters. The second kappa shape index (κ2) is 8.10. The van der Waals surface area contributed by atoms with Crippen LogP contribution in [0.3, 0.4) is 0 Å². The van der Waals surface area contributed by atoms with Gasteiger partial charge in [-0.15, -0.1) is 0 Å². The van der Waals surface area contributed by atoms with Crippen molar-refractivity contribution in [3.63, 3.8) is 0 Å². The van der Waals surface area contributed by atoms with E-state index in [1.807, 2.05) is 7.05 Å². The van der Waals surface area contributed by atoms with Crippen LogP contribution in [-0.2, 0) is 4.79 Å². The fourth-order valence-electron chi connectivity index (χ4n) is 1.58. The topological polar surface area (TPSA) is 90.5 Å². The zero-order valence-electron chi connectivity index (χ0n) is 10.8. The third kappa shape index (κ3) is 5.39. The molecule has 0 bridgehead atoms. The van der Waals surface area contributed by atoms with Gasteiger partial charge in [0.2, 0.25) is 0 Å². The maximum absolute atomic E-state index is 11.6. The lowest BCUT2D eigenvalue weighted by Crippen LogP contribution is -2.41. The first-order valence-corrected chi connectivity index (χ1v) is 6.12. The molecule has 0 saturated carbocycles. The fourth-order valence-corrected chi connectivity index (χ4v) is 1.58. The van der Waals surface area contributed by atoms with Crippen molar-refractivity contribution in [3.05, 3.63) is 35.9 Å². The molecule has 6 heteroatoms. The second-order valence-electron chi connectivity index (χ2n) is 4.04. The molecule has 19 heavy (non-hydrogen) atoms. The van der Waals surface area contributed by atoms with Gasteiger partial charge in [0, 0.05) is 6.54 Å². The van der Waals surface area contributed by atoms with Crippen LogP contribution < -0.4 is 16.0 Å². The highest BCUT2D eigenvalue weighted by Gasteiger charge is 2.21. The van der Waals surface area contributed by atoms with Crippen molar-refractivity contribution in [2.24, 2.45) is 0 Å². The zero-order valence-corrected chi connectivity index (χ0v) is 10.8. The van der Waals surface area contributed by atoms with E-state index in [1.165, 1.54) is 0 Å². The third-order valence-electron chi connectivity index (χ3n) is 2.54. The minimum atomic E-state index is -1.09. The Labute approximate surface area is 112 Å². The number of benzene rings is 1. The average Bonchev–Trinajstić information content (AvgIpc) is 2.41. The molecule has 0 aliphatic carbocycles. The molecule has 1 atom stereocenters. The SMILES string of the molecule is CNCCCNC(=O)N[C@H](C(=O)O)c1ccccc1. The van der Waals surface area contributed by atoms with E-state index in [1.54, 1.807) is 30.3 Å². The summed E-state index contributed by atoms with van der Waals surface area (Å²) < 4.78 is 0. The monoisotopic (exact) mass is 265 g/mol. The van der Waals surface area contributed by atoms with Crippen LogP contribution in [-0.4, -0.2) is 37.2 Å². The van der Waals surface area contributed by atoms with Gasteiger partial charge >= 0.3 is 12.0 Å². The summed E-state index contributed by atoms with van der Waals surface area (Å²) in [6.07, 6.45) is 0.785.